The van der Waals surface area contributed by atoms with Crippen LogP contribution >= 0.6 is 23.2 Å². The van der Waals surface area contributed by atoms with Crippen molar-refractivity contribution in [2.45, 2.75) is 19.8 Å². The van der Waals surface area contributed by atoms with Gasteiger partial charge in [0.15, 0.2) is 11.0 Å². The van der Waals surface area contributed by atoms with Crippen molar-refractivity contribution in [2.24, 2.45) is 4.99 Å². The first-order valence-corrected chi connectivity index (χ1v) is 8.06. The number of anilines is 2. The predicted octanol–water partition coefficient (Wildman–Crippen LogP) is 4.50. The second-order valence-corrected chi connectivity index (χ2v) is 6.27. The van der Waals surface area contributed by atoms with E-state index in [0.717, 1.165) is 11.4 Å². The molecule has 0 saturated heterocycles. The minimum Gasteiger partial charge on any atom is -0.494 e. The maximum absolute atomic E-state index is 13.8. The molecule has 2 aromatic heterocycles. The van der Waals surface area contributed by atoms with Crippen LogP contribution in [0.2, 0.25) is 5.15 Å². The van der Waals surface area contributed by atoms with Gasteiger partial charge < -0.3 is 9.64 Å². The number of hydrogen-bond donors (Lipinski definition) is 0. The average molecular weight is 369 g/mol. The molecule has 1 aliphatic heterocycles. The maximum Gasteiger partial charge on any atom is 0.167 e. The fraction of sp³-hybridized carbons (Fsp3) is 0.312. The number of hydrogen-bond acceptors (Lipinski definition) is 5. The highest BCUT2D eigenvalue weighted by Gasteiger charge is 2.29. The summed E-state index contributed by atoms with van der Waals surface area (Å²) >= 11 is 12.0. The maximum atomic E-state index is 13.8. The van der Waals surface area contributed by atoms with E-state index in [4.69, 9.17) is 27.9 Å². The van der Waals surface area contributed by atoms with Crippen molar-refractivity contribution >= 4 is 39.9 Å². The summed E-state index contributed by atoms with van der Waals surface area (Å²) in [7, 11) is 1.58. The van der Waals surface area contributed by atoms with Gasteiger partial charge in [-0.1, -0.05) is 37.0 Å². The van der Waals surface area contributed by atoms with Gasteiger partial charge in [-0.15, -0.1) is 0 Å². The van der Waals surface area contributed by atoms with Gasteiger partial charge in [-0.3, -0.25) is 9.98 Å². The Labute approximate surface area is 149 Å². The number of ether oxygens (including phenoxy) is 1. The second-order valence-electron chi connectivity index (χ2n) is 5.55. The highest BCUT2D eigenvalue weighted by molar-refractivity contribution is 6.70. The van der Waals surface area contributed by atoms with Crippen LogP contribution in [0.1, 0.15) is 31.0 Å². The van der Waals surface area contributed by atoms with Crippen LogP contribution in [0.25, 0.3) is 0 Å². The van der Waals surface area contributed by atoms with E-state index in [0.29, 0.717) is 17.1 Å². The van der Waals surface area contributed by atoms with E-state index in [9.17, 15) is 4.39 Å². The lowest BCUT2D eigenvalue weighted by Gasteiger charge is -2.30. The molecule has 24 heavy (non-hydrogen) atoms. The molecule has 0 radical (unpaired) electrons. The van der Waals surface area contributed by atoms with E-state index >= 15 is 0 Å². The van der Waals surface area contributed by atoms with Gasteiger partial charge in [-0.2, -0.15) is 0 Å². The van der Waals surface area contributed by atoms with Crippen LogP contribution < -0.4 is 9.64 Å². The number of nitrogens with zero attached hydrogens (tertiary/aromatic N) is 4. The zero-order valence-corrected chi connectivity index (χ0v) is 14.9. The lowest BCUT2D eigenvalue weighted by molar-refractivity contribution is 0.413. The third kappa shape index (κ3) is 2.80. The summed E-state index contributed by atoms with van der Waals surface area (Å²) < 4.78 is 19.3. The van der Waals surface area contributed by atoms with Gasteiger partial charge in [0.2, 0.25) is 0 Å². The molecule has 0 fully saturated rings. The van der Waals surface area contributed by atoms with Crippen LogP contribution in [0.4, 0.5) is 15.9 Å². The third-order valence-corrected chi connectivity index (χ3v) is 4.28. The molecular formula is C16H15Cl2FN4O. The molecule has 3 heterocycles. The van der Waals surface area contributed by atoms with Gasteiger partial charge in [0.05, 0.1) is 18.4 Å². The predicted molar refractivity (Wildman–Crippen MR) is 93.5 cm³/mol. The molecule has 3 rings (SSSR count). The Morgan fingerprint density at radius 3 is 2.75 bits per heavy atom. The summed E-state index contributed by atoms with van der Waals surface area (Å²) in [6.45, 7) is 4.26. The smallest absolute Gasteiger partial charge is 0.167 e. The van der Waals surface area contributed by atoms with Gasteiger partial charge in [-0.25, -0.2) is 9.37 Å². The zero-order chi connectivity index (χ0) is 17.4. The first kappa shape index (κ1) is 16.9. The van der Waals surface area contributed by atoms with Crippen LogP contribution in [0.5, 0.6) is 5.75 Å². The molecule has 0 spiro atoms. The fourth-order valence-corrected chi connectivity index (χ4v) is 2.91. The number of aromatic nitrogens is 2. The Balaban J connectivity index is 2.25. The Kier molecular flexibility index (Phi) is 4.60. The van der Waals surface area contributed by atoms with E-state index in [1.165, 1.54) is 6.07 Å². The van der Waals surface area contributed by atoms with E-state index in [1.54, 1.807) is 24.3 Å². The quantitative estimate of drug-likeness (QED) is 0.748. The Hall–Kier alpha value is -1.92. The molecule has 5 nitrogen and oxygen atoms in total. The van der Waals surface area contributed by atoms with E-state index in [1.807, 2.05) is 13.8 Å². The monoisotopic (exact) mass is 368 g/mol. The van der Waals surface area contributed by atoms with Crippen molar-refractivity contribution < 1.29 is 9.13 Å². The van der Waals surface area contributed by atoms with E-state index in [-0.39, 0.29) is 22.9 Å². The van der Waals surface area contributed by atoms with Crippen molar-refractivity contribution in [2.75, 3.05) is 18.7 Å². The lowest BCUT2D eigenvalue weighted by Crippen LogP contribution is -2.27. The number of aliphatic imine (C=N–C) groups is 1. The van der Waals surface area contributed by atoms with Crippen LogP contribution in [-0.2, 0) is 0 Å². The molecule has 0 unspecified atom stereocenters. The van der Waals surface area contributed by atoms with Crippen molar-refractivity contribution in [1.82, 2.24) is 9.97 Å². The molecule has 0 atom stereocenters. The highest BCUT2D eigenvalue weighted by atomic mass is 35.5. The van der Waals surface area contributed by atoms with Gasteiger partial charge >= 0.3 is 0 Å². The van der Waals surface area contributed by atoms with E-state index < -0.39 is 5.82 Å². The number of pyridine rings is 2. The molecule has 1 aliphatic rings. The SMILES string of the molecule is COc1ccnc(C(C)C)c1N1CN=C(Cl)c2cc(F)c(Cl)nc21. The van der Waals surface area contributed by atoms with Crippen LogP contribution in [0, 0.1) is 5.82 Å². The van der Waals surface area contributed by atoms with Crippen molar-refractivity contribution in [1.29, 1.82) is 0 Å². The normalized spacial score (nSPS) is 13.8. The molecule has 0 bridgehead atoms. The molecule has 0 aliphatic carbocycles. The largest absolute Gasteiger partial charge is 0.494 e. The average Bonchev–Trinajstić information content (AvgIpc) is 2.56. The van der Waals surface area contributed by atoms with E-state index in [2.05, 4.69) is 15.0 Å². The Morgan fingerprint density at radius 2 is 2.08 bits per heavy atom. The minimum absolute atomic E-state index is 0.135. The van der Waals surface area contributed by atoms with Gasteiger partial charge in [0.1, 0.15) is 29.1 Å². The highest BCUT2D eigenvalue weighted by Crippen LogP contribution is 2.41. The summed E-state index contributed by atoms with van der Waals surface area (Å²) in [5, 5.41) is -0.0302. The molecular weight excluding hydrogens is 354 g/mol. The van der Waals surface area contributed by atoms with Crippen LogP contribution in [0.15, 0.2) is 23.3 Å². The first-order chi connectivity index (χ1) is 11.4. The summed E-state index contributed by atoms with van der Waals surface area (Å²) in [6.07, 6.45) is 1.68. The standard InChI is InChI=1S/C16H15Cl2FN4O/c1-8(2)12-13(11(24-3)4-5-20-12)23-7-21-14(17)9-6-10(19)15(18)22-16(9)23/h4-6,8H,7H2,1-3H3. The molecule has 8 heteroatoms. The molecule has 0 N–H and O–H groups in total. The number of rotatable bonds is 3. The van der Waals surface area contributed by atoms with Crippen LogP contribution in [-0.4, -0.2) is 28.9 Å². The minimum atomic E-state index is -0.646. The van der Waals surface area contributed by atoms with Gasteiger partial charge in [-0.05, 0) is 12.0 Å². The van der Waals surface area contributed by atoms with Crippen molar-refractivity contribution in [3.8, 4) is 5.75 Å². The topological polar surface area (TPSA) is 50.6 Å². The Bertz CT molecular complexity index is 826. The number of halogens is 3. The third-order valence-electron chi connectivity index (χ3n) is 3.69. The second kappa shape index (κ2) is 6.53. The van der Waals surface area contributed by atoms with Gasteiger partial charge in [0.25, 0.3) is 0 Å². The Morgan fingerprint density at radius 1 is 1.33 bits per heavy atom. The summed E-state index contributed by atoms with van der Waals surface area (Å²) in [5.41, 5.74) is 1.92. The summed E-state index contributed by atoms with van der Waals surface area (Å²) in [5.74, 6) is 0.536. The first-order valence-electron chi connectivity index (χ1n) is 7.30. The van der Waals surface area contributed by atoms with Gasteiger partial charge in [0, 0.05) is 12.3 Å². The lowest BCUT2D eigenvalue weighted by atomic mass is 10.1. The zero-order valence-electron chi connectivity index (χ0n) is 13.3. The summed E-state index contributed by atoms with van der Waals surface area (Å²) in [4.78, 5) is 14.7. The fourth-order valence-electron chi connectivity index (χ4n) is 2.59. The molecule has 0 saturated carbocycles. The molecule has 0 aromatic carbocycles. The molecule has 126 valence electrons. The van der Waals surface area contributed by atoms with Crippen LogP contribution in [0.3, 0.4) is 0 Å². The summed E-state index contributed by atoms with van der Waals surface area (Å²) in [6, 6.07) is 2.99. The number of fused-ring (bicyclic) bond motifs is 1. The molecule has 0 amide bonds. The number of methoxy groups -OCH3 is 1. The molecule has 2 aromatic rings. The van der Waals surface area contributed by atoms with Crippen molar-refractivity contribution in [3.63, 3.8) is 0 Å². The van der Waals surface area contributed by atoms with Crippen molar-refractivity contribution in [3.05, 3.63) is 40.6 Å².